The number of nitrogens with zero attached hydrogens (tertiary/aromatic N) is 12. The zero-order valence-electron chi connectivity index (χ0n) is 243. The number of Topliss-reactive ketones (excluding diaryl/α,β-unsaturated/α-hetero) is 2. The lowest BCUT2D eigenvalue weighted by Gasteiger charge is -2.47. The number of fused-ring (bicyclic) bond motifs is 10. The van der Waals surface area contributed by atoms with E-state index < -0.39 is 16.9 Å². The summed E-state index contributed by atoms with van der Waals surface area (Å²) in [6.07, 6.45) is 15.9. The van der Waals surface area contributed by atoms with Crippen LogP contribution in [0.5, 0.6) is 0 Å². The van der Waals surface area contributed by atoms with Crippen molar-refractivity contribution in [3.05, 3.63) is 248 Å². The molecular weight excluding hydrogens is 1440 g/mol. The zero-order valence-corrected chi connectivity index (χ0v) is 65.2. The fraction of sp³-hybridized carbons (Fsp3) is 0.367. The van der Waals surface area contributed by atoms with Gasteiger partial charge in [-0.2, -0.15) is 0 Å². The van der Waals surface area contributed by atoms with E-state index in [4.69, 9.17) is 312 Å². The van der Waals surface area contributed by atoms with Gasteiger partial charge in [-0.15, -0.1) is 0 Å². The van der Waals surface area contributed by atoms with Crippen molar-refractivity contribution in [2.24, 2.45) is 29.6 Å². The van der Waals surface area contributed by atoms with Gasteiger partial charge in [0.25, 0.3) is 6.04 Å². The first-order valence-electron chi connectivity index (χ1n) is 128. The molecule has 7 aromatic heterocycles. The van der Waals surface area contributed by atoms with E-state index in [0.29, 0.717) is 122 Å². The zero-order chi connectivity index (χ0) is 258. The Bertz CT molecular complexity index is 5880. The number of nitrogens with one attached hydrogen (secondary N) is 3. The van der Waals surface area contributed by atoms with Crippen molar-refractivity contribution in [1.29, 1.82) is 0 Å². The van der Waals surface area contributed by atoms with Gasteiger partial charge in [-0.3, -0.25) is 34.1 Å². The summed E-state index contributed by atoms with van der Waals surface area (Å²) < 4.78 is 941. The van der Waals surface area contributed by atoms with E-state index in [-0.39, 0.29) is 87.4 Å². The van der Waals surface area contributed by atoms with Crippen molar-refractivity contribution >= 4 is 29.3 Å². The number of pyridine rings is 3. The molecule has 6 aliphatic rings. The lowest BCUT2D eigenvalue weighted by Crippen LogP contribution is -2.52. The van der Waals surface area contributed by atoms with E-state index in [9.17, 15) is 24.0 Å². The molecular formula is C90H266F3N15O6. The number of aromatic nitrogens is 10. The molecule has 10 atom stereocenters. The SMILES string of the molecule is CC(=O)NCCc1cc(-c2nc(-c3ccccc3F)c3c(n2)[C@]2(C)Cc4cnoc4[C@H](C)[C@H]2CC3)ccn1.[3H][3H].[3H][3H].[3H][3H].[3H][3H].[3H][3H].[3H][3H].[3H][3H].[3H][3H].[3H][3H].[3H][3H].[3H][3H].[3H][3H].[3H][3H].[3H][3H].[3H][3H].[3H][3H].[3H][3H].[3H][3H].[3H][3H].[3H][3H].[3H][3H].[3H][3H].[3H][3H].[3H][3H].[3H][3H].[3H][3H].[3H][3H].[3H][3H].[3H][3H].[3H][3H].[3H][3H].[3H][3H].[3H][3H].[3H][3H].[3H][3H].[3H][3H].[3H][3H].[3H][3H].[3H][3H].[3H][3H].[3H][3H].[3H][3H].[3H][3H].[3H][3H].[3H][3H].[3H][3H].[3H][3H].[3H][3H].[3H][3H].[3H][3H].[3H][3H].[3H][3H].[3H][3H].[3H][3H].[3H][3H].[3H][3H].[3H][3H].[3H][3H].[3H][3H].[3H][3H].[3H][3H].[3H][3H].[3H][3H].[3H][3H].[3H][3H].[3H][3H].[3H][3H].[3H][3H].[3H][3H].[3H][3H].[3H][3H].[3H][3H].[3H][3H].[3H][3H].[3H][3H].[3H][3H].[3H][3H].[3H][3H].[3H][3H].[3H][3H].[3H][3H].[3H][3H].[3H][3H].[3H][3H].[3H][3H].[3H][3H].[3H][3H].[3H][3H].[3H][3H].[C-]#[N+]C1=C[C@@]2(C)c3nc(-c4ccnc(CCNC(C)=O)c4)nc(-c4ccccc4F)c3CC[C@@H]2[C@@H](C)C1=O.[C-]#[N+]C1C[C@@]2(C)c3nc(-c4ccnc(CCNC(C)=O)c4)nc(-c4ccccc4F)c3CC[C@@H]2[C@@H](C)C1=O. The predicted octanol–water partition coefficient (Wildman–Crippen LogP) is 36.7. The second-order valence-electron chi connectivity index (χ2n) is 31.5. The summed E-state index contributed by atoms with van der Waals surface area (Å²) in [7, 11) is 0. The highest BCUT2D eigenvalue weighted by molar-refractivity contribution is 6.00. The highest BCUT2D eigenvalue weighted by Crippen LogP contribution is 2.57. The minimum Gasteiger partial charge on any atom is -0.361 e. The summed E-state index contributed by atoms with van der Waals surface area (Å²) in [5.74, 6) is 0.925. The second kappa shape index (κ2) is 32.5. The summed E-state index contributed by atoms with van der Waals surface area (Å²) in [4.78, 5) is 110. The summed E-state index contributed by atoms with van der Waals surface area (Å²) >= 11 is 0. The number of amides is 3. The van der Waals surface area contributed by atoms with Crippen LogP contribution in [0.25, 0.3) is 77.6 Å². The number of carbonyl (C=O) groups is 5. The Hall–Kier alpha value is -12.2. The van der Waals surface area contributed by atoms with Crippen LogP contribution in [0.1, 0.15) is 420 Å². The minimum absolute atomic E-state index is 0.00692. The molecule has 0 spiro atoms. The number of benzene rings is 3. The fourth-order valence-corrected chi connectivity index (χ4v) is 18.6. The molecule has 21 nitrogen and oxygen atoms in total. The van der Waals surface area contributed by atoms with Crippen LogP contribution in [0.4, 0.5) is 13.2 Å². The quantitative estimate of drug-likeness (QED) is 0.0805. The Morgan fingerprint density at radius 2 is 0.947 bits per heavy atom. The summed E-state index contributed by atoms with van der Waals surface area (Å²) in [5, 5.41) is 12.5. The van der Waals surface area contributed by atoms with E-state index in [1.54, 1.807) is 73.2 Å². The third-order valence-corrected chi connectivity index (χ3v) is 24.2. The number of allylic oxidation sites excluding steroid dienone is 2. The Balaban J connectivity index is -0.0000000236. The highest BCUT2D eigenvalue weighted by Gasteiger charge is 2.57. The number of carbonyl (C=O) groups excluding carboxylic acids is 5. The van der Waals surface area contributed by atoms with Crippen molar-refractivity contribution < 1.29 is 306 Å². The molecule has 0 radical (unpaired) electrons. The molecule has 3 aromatic carbocycles. The molecule has 24 heteroatoms. The molecule has 1 saturated carbocycles. The van der Waals surface area contributed by atoms with Crippen molar-refractivity contribution in [2.75, 3.05) is 19.6 Å². The Kier molecular flexibility index (Phi) is 7.10. The van der Waals surface area contributed by atoms with Crippen LogP contribution >= 0.6 is 0 Å². The molecule has 6 aliphatic carbocycles. The Morgan fingerprint density at radius 3 is 1.37 bits per heavy atom. The number of halogens is 3. The van der Waals surface area contributed by atoms with E-state index in [1.165, 1.54) is 39.0 Å². The van der Waals surface area contributed by atoms with Gasteiger partial charge in [0.15, 0.2) is 23.3 Å². The maximum Gasteiger partial charge on any atom is 0.282 e. The lowest BCUT2D eigenvalue weighted by atomic mass is 9.55. The monoisotopic (exact) mass is 2070 g/mol. The molecule has 1 unspecified atom stereocenters. The Labute approximate surface area is 934 Å². The normalized spacial score (nSPS) is 28.9. The van der Waals surface area contributed by atoms with Crippen LogP contribution in [0.2, 0.25) is 0 Å². The van der Waals surface area contributed by atoms with Gasteiger partial charge in [-0.05, 0) is 135 Å². The molecule has 0 aliphatic heterocycles. The van der Waals surface area contributed by atoms with Crippen molar-refractivity contribution in [3.8, 4) is 67.9 Å². The first-order chi connectivity index (χ1) is 144. The van der Waals surface area contributed by atoms with Gasteiger partial charge in [0, 0.05) is 456 Å². The molecule has 3 amide bonds. The fourth-order valence-electron chi connectivity index (χ4n) is 18.6. The van der Waals surface area contributed by atoms with Crippen LogP contribution in [0, 0.1) is 60.2 Å². The van der Waals surface area contributed by atoms with Crippen LogP contribution in [0.15, 0.2) is 150 Å². The number of rotatable bonds is 15. The molecule has 10 aromatic rings. The van der Waals surface area contributed by atoms with Gasteiger partial charge in [0.2, 0.25) is 29.2 Å². The van der Waals surface area contributed by atoms with E-state index in [0.717, 1.165) is 105 Å². The first-order valence-corrected chi connectivity index (χ1v) is 38.9. The maximum atomic E-state index is 15.2. The molecule has 114 heavy (non-hydrogen) atoms. The van der Waals surface area contributed by atoms with Crippen LogP contribution < -0.4 is 16.0 Å². The average Bonchev–Trinajstić information content (AvgIpc) is 1.27. The molecule has 16 rings (SSSR count). The van der Waals surface area contributed by atoms with Crippen molar-refractivity contribution in [1.82, 2.24) is 66.0 Å². The van der Waals surface area contributed by atoms with E-state index in [1.807, 2.05) is 69.4 Å². The maximum absolute atomic E-state index is 15.2. The molecule has 7 heterocycles. The number of hydrogen-bond donors (Lipinski definition) is 3. The van der Waals surface area contributed by atoms with Crippen LogP contribution in [-0.4, -0.2) is 105 Å². The third kappa shape index (κ3) is 15.3. The van der Waals surface area contributed by atoms with Gasteiger partial charge in [-0.1, -0.05) is 89.2 Å². The summed E-state index contributed by atoms with van der Waals surface area (Å²) in [6, 6.07) is 30.5. The summed E-state index contributed by atoms with van der Waals surface area (Å²) in [5.41, 5.74) is 12.7. The van der Waals surface area contributed by atoms with E-state index in [2.05, 4.69) is 66.5 Å². The number of ketones is 2. The smallest absolute Gasteiger partial charge is 0.282 e. The van der Waals surface area contributed by atoms with Gasteiger partial charge < -0.3 is 30.1 Å². The first kappa shape index (κ1) is 24.9. The molecule has 758 valence electrons. The highest BCUT2D eigenvalue weighted by atomic mass is 19.1. The molecule has 3 N–H and O–H groups in total. The largest absolute Gasteiger partial charge is 0.361 e. The van der Waals surface area contributed by atoms with Gasteiger partial charge in [-0.25, -0.2) is 54.5 Å². The standard InChI is InChI=1S/2C30H30FN5O2.C30H28FN5O2.89H2/c1-17-24-9-8-23-26(22-6-4-5-7-25(22)31)35-29(19-10-12-33-21(14-19)11-13-32-18(2)37)36-28(23)30(24,3)15-20-16-34-38-27(17)20;2*1-17-23-10-9-22-26(21-7-5-6-8-24(21)31)35-29(19-11-13-34-20(15-19)12-14-33-18(2)37)36-28(22)30(23,3)16-25(32-4)27(17)38;;;;;;;;;;;;;;;;;;;;;;;;;;;;;;;;;;;;;;;;;;;;;;;;;;;;;;;;;;;;;;;;;;;;;;;;;;;;;;;;;;;;;;;;;/h4-7,10,12,14,16-17,24H,8-9,11,13,15H2,1-3H3,(H,32,37);5-8,11,13,15,17,23,25H,9-10,12,14,16H2,1-3H3,(H,33,37);5-8,11,13,15-17,23H,9-10,12,14H2,1-3H3,(H,33,37);89*1H/t17-,24-,30-;17-,23-,25?,30-;17-,23-,30-;;;;;;;;;;;;;;;;;;;;;;;;;;;;;;;;;;;;;;;;;;;;;;;;;;;;;;;;;;;;;;;;;;;;;;;;;;;;;;;;;;;;;;;;;/m111........................................................................................./s1/i;;;89*1+2T. The van der Waals surface area contributed by atoms with Gasteiger partial charge >= 0.3 is 0 Å². The average molecular weight is 2070 g/mol. The topological polar surface area (TPSA) is 272 Å². The number of hydrogen-bond acceptors (Lipinski definition) is 16. The Morgan fingerprint density at radius 1 is 0.544 bits per heavy atom. The second-order valence-corrected chi connectivity index (χ2v) is 31.5. The molecule has 1 fully saturated rings. The summed E-state index contributed by atoms with van der Waals surface area (Å²) in [6.45, 7) is 33.5. The van der Waals surface area contributed by atoms with Crippen molar-refractivity contribution in [2.45, 2.75) is 161 Å². The molecule has 0 bridgehead atoms. The van der Waals surface area contributed by atoms with Crippen LogP contribution in [-0.2, 0) is 85.2 Å². The van der Waals surface area contributed by atoms with Crippen molar-refractivity contribution in [3.63, 3.8) is 0 Å². The third-order valence-electron chi connectivity index (χ3n) is 24.2. The van der Waals surface area contributed by atoms with Gasteiger partial charge in [0.1, 0.15) is 23.2 Å². The van der Waals surface area contributed by atoms with Crippen LogP contribution in [0.3, 0.4) is 0 Å². The van der Waals surface area contributed by atoms with Gasteiger partial charge in [0.05, 0.1) is 46.9 Å². The van der Waals surface area contributed by atoms with E-state index >= 15 is 13.2 Å². The lowest BCUT2D eigenvalue weighted by molar-refractivity contribution is -0.129. The predicted molar refractivity (Wildman–Crippen MR) is 611 cm³/mol. The molecule has 0 saturated heterocycles. The minimum atomic E-state index is -0.714.